The van der Waals surface area contributed by atoms with Crippen molar-refractivity contribution in [1.82, 2.24) is 15.1 Å². The summed E-state index contributed by atoms with van der Waals surface area (Å²) in [5, 5.41) is 9.61. The molecule has 24 heavy (non-hydrogen) atoms. The van der Waals surface area contributed by atoms with Crippen LogP contribution in [0.15, 0.2) is 12.4 Å². The number of methoxy groups -OCH3 is 1. The van der Waals surface area contributed by atoms with Crippen LogP contribution in [0.5, 0.6) is 0 Å². The van der Waals surface area contributed by atoms with E-state index in [4.69, 9.17) is 10.5 Å². The highest BCUT2D eigenvalue weighted by Crippen LogP contribution is 2.26. The van der Waals surface area contributed by atoms with Crippen molar-refractivity contribution in [1.29, 1.82) is 0 Å². The van der Waals surface area contributed by atoms with Gasteiger partial charge in [-0.3, -0.25) is 14.3 Å². The Balaban J connectivity index is 0.00000529. The van der Waals surface area contributed by atoms with E-state index in [1.54, 1.807) is 13.3 Å². The minimum atomic E-state index is -0.570. The lowest BCUT2D eigenvalue weighted by atomic mass is 9.81. The zero-order chi connectivity index (χ0) is 17.3. The fraction of sp³-hybridized carbons (Fsp3) is 0.667. The van der Waals surface area contributed by atoms with Gasteiger partial charge in [-0.25, -0.2) is 0 Å². The van der Waals surface area contributed by atoms with E-state index in [9.17, 15) is 9.59 Å². The number of carbonyl (C=O) groups is 2. The maximum absolute atomic E-state index is 12.4. The van der Waals surface area contributed by atoms with Crippen LogP contribution >= 0.6 is 12.4 Å². The van der Waals surface area contributed by atoms with Gasteiger partial charge in [0.05, 0.1) is 23.9 Å². The molecule has 0 unspecified atom stereocenters. The molecule has 0 saturated heterocycles. The van der Waals surface area contributed by atoms with Crippen LogP contribution < -0.4 is 16.4 Å². The van der Waals surface area contributed by atoms with Crippen LogP contribution in [0, 0.1) is 5.41 Å². The fourth-order valence-electron chi connectivity index (χ4n) is 2.23. The highest BCUT2D eigenvalue weighted by atomic mass is 35.5. The first-order chi connectivity index (χ1) is 11.0. The Morgan fingerprint density at radius 1 is 1.38 bits per heavy atom. The van der Waals surface area contributed by atoms with Gasteiger partial charge in [0.25, 0.3) is 0 Å². The van der Waals surface area contributed by atoms with Crippen molar-refractivity contribution in [2.45, 2.75) is 33.2 Å². The third-order valence-corrected chi connectivity index (χ3v) is 4.05. The number of nitrogens with one attached hydrogen (secondary N) is 2. The molecular weight excluding hydrogens is 334 g/mol. The number of hydrogen-bond acceptors (Lipinski definition) is 5. The van der Waals surface area contributed by atoms with E-state index in [0.717, 1.165) is 0 Å². The highest BCUT2D eigenvalue weighted by Gasteiger charge is 2.33. The topological polar surface area (TPSA) is 111 Å². The maximum Gasteiger partial charge on any atom is 0.241 e. The Morgan fingerprint density at radius 2 is 2.04 bits per heavy atom. The Labute approximate surface area is 148 Å². The molecule has 138 valence electrons. The van der Waals surface area contributed by atoms with Gasteiger partial charge in [-0.1, -0.05) is 13.8 Å². The van der Waals surface area contributed by atoms with Crippen LogP contribution in [0.4, 0.5) is 5.69 Å². The van der Waals surface area contributed by atoms with E-state index in [1.807, 2.05) is 13.8 Å². The average molecular weight is 362 g/mol. The molecule has 1 aromatic heterocycles. The Hall–Kier alpha value is -1.64. The van der Waals surface area contributed by atoms with E-state index < -0.39 is 5.41 Å². The molecule has 0 fully saturated rings. The third kappa shape index (κ3) is 6.10. The van der Waals surface area contributed by atoms with Gasteiger partial charge in [0, 0.05) is 26.4 Å². The van der Waals surface area contributed by atoms with Gasteiger partial charge in [0.2, 0.25) is 11.8 Å². The standard InChI is InChI=1S/C15H27N5O3.ClH/c1-4-15(5-2,11-16)14(22)19-12-8-18-20(9-12)10-13(21)17-6-7-23-3;/h8-9H,4-7,10-11,16H2,1-3H3,(H,17,21)(H,19,22);1H. The zero-order valence-electron chi connectivity index (χ0n) is 14.5. The molecule has 0 aromatic carbocycles. The van der Waals surface area contributed by atoms with Crippen LogP contribution in [0.2, 0.25) is 0 Å². The summed E-state index contributed by atoms with van der Waals surface area (Å²) < 4.78 is 6.33. The molecule has 0 atom stereocenters. The second kappa shape index (κ2) is 11.0. The van der Waals surface area contributed by atoms with E-state index in [0.29, 0.717) is 38.2 Å². The van der Waals surface area contributed by atoms with Gasteiger partial charge in [-0.15, -0.1) is 12.4 Å². The fourth-order valence-corrected chi connectivity index (χ4v) is 2.23. The second-order valence-corrected chi connectivity index (χ2v) is 5.42. The minimum Gasteiger partial charge on any atom is -0.383 e. The number of nitrogens with two attached hydrogens (primary N) is 1. The predicted molar refractivity (Wildman–Crippen MR) is 95.1 cm³/mol. The molecule has 2 amide bonds. The van der Waals surface area contributed by atoms with Crippen LogP contribution in [0.25, 0.3) is 0 Å². The van der Waals surface area contributed by atoms with Gasteiger partial charge in [0.1, 0.15) is 6.54 Å². The van der Waals surface area contributed by atoms with Crippen molar-refractivity contribution >= 4 is 29.9 Å². The number of hydrogen-bond donors (Lipinski definition) is 3. The van der Waals surface area contributed by atoms with Crippen LogP contribution in [0.1, 0.15) is 26.7 Å². The Morgan fingerprint density at radius 3 is 2.58 bits per heavy atom. The second-order valence-electron chi connectivity index (χ2n) is 5.42. The Kier molecular flexibility index (Phi) is 10.3. The molecule has 8 nitrogen and oxygen atoms in total. The number of aromatic nitrogens is 2. The van der Waals surface area contributed by atoms with Gasteiger partial charge in [-0.2, -0.15) is 5.10 Å². The number of halogens is 1. The molecule has 0 spiro atoms. The summed E-state index contributed by atoms with van der Waals surface area (Å²) in [5.74, 6) is -0.282. The SMILES string of the molecule is CCC(CC)(CN)C(=O)Nc1cnn(CC(=O)NCCOC)c1.Cl. The summed E-state index contributed by atoms with van der Waals surface area (Å²) in [4.78, 5) is 24.1. The summed E-state index contributed by atoms with van der Waals surface area (Å²) >= 11 is 0. The smallest absolute Gasteiger partial charge is 0.241 e. The van der Waals surface area contributed by atoms with E-state index >= 15 is 0 Å². The normalized spacial score (nSPS) is 10.8. The summed E-state index contributed by atoms with van der Waals surface area (Å²) in [6.45, 7) is 5.19. The van der Waals surface area contributed by atoms with Crippen LogP contribution in [-0.4, -0.2) is 48.4 Å². The first-order valence-electron chi connectivity index (χ1n) is 7.81. The van der Waals surface area contributed by atoms with Crippen LogP contribution in [0.3, 0.4) is 0 Å². The van der Waals surface area contributed by atoms with Gasteiger partial charge < -0.3 is 21.1 Å². The molecule has 0 aliphatic carbocycles. The number of ether oxygens (including phenoxy) is 1. The molecule has 1 aromatic rings. The monoisotopic (exact) mass is 361 g/mol. The number of anilines is 1. The van der Waals surface area contributed by atoms with E-state index in [1.165, 1.54) is 10.9 Å². The summed E-state index contributed by atoms with van der Waals surface area (Å²) in [6.07, 6.45) is 4.48. The maximum atomic E-state index is 12.4. The lowest BCUT2D eigenvalue weighted by molar-refractivity contribution is -0.125. The molecule has 1 heterocycles. The number of rotatable bonds is 10. The lowest BCUT2D eigenvalue weighted by Crippen LogP contribution is -2.41. The largest absolute Gasteiger partial charge is 0.383 e. The quantitative estimate of drug-likeness (QED) is 0.533. The number of carbonyl (C=O) groups excluding carboxylic acids is 2. The molecule has 1 rings (SSSR count). The van der Waals surface area contributed by atoms with Gasteiger partial charge in [0.15, 0.2) is 0 Å². The van der Waals surface area contributed by atoms with Crippen molar-refractivity contribution < 1.29 is 14.3 Å². The first kappa shape index (κ1) is 22.4. The van der Waals surface area contributed by atoms with Crippen molar-refractivity contribution in [2.75, 3.05) is 32.1 Å². The van der Waals surface area contributed by atoms with E-state index in [-0.39, 0.29) is 30.8 Å². The molecule has 0 saturated carbocycles. The van der Waals surface area contributed by atoms with Gasteiger partial charge in [-0.05, 0) is 12.8 Å². The predicted octanol–water partition coefficient (Wildman–Crippen LogP) is 0.771. The Bertz CT molecular complexity index is 509. The highest BCUT2D eigenvalue weighted by molar-refractivity contribution is 5.95. The molecule has 4 N–H and O–H groups in total. The molecule has 0 aliphatic rings. The third-order valence-electron chi connectivity index (χ3n) is 4.05. The lowest BCUT2D eigenvalue weighted by Gasteiger charge is -2.28. The average Bonchev–Trinajstić information content (AvgIpc) is 2.97. The summed E-state index contributed by atoms with van der Waals surface area (Å²) in [5.41, 5.74) is 5.75. The van der Waals surface area contributed by atoms with Gasteiger partial charge >= 0.3 is 0 Å². The summed E-state index contributed by atoms with van der Waals surface area (Å²) in [6, 6.07) is 0. The van der Waals surface area contributed by atoms with Crippen molar-refractivity contribution in [3.8, 4) is 0 Å². The molecule has 0 aliphatic heterocycles. The zero-order valence-corrected chi connectivity index (χ0v) is 15.3. The van der Waals surface area contributed by atoms with E-state index in [2.05, 4.69) is 15.7 Å². The van der Waals surface area contributed by atoms with Crippen molar-refractivity contribution in [3.63, 3.8) is 0 Å². The summed E-state index contributed by atoms with van der Waals surface area (Å²) in [7, 11) is 1.57. The molecular formula is C15H28ClN5O3. The van der Waals surface area contributed by atoms with Crippen molar-refractivity contribution in [3.05, 3.63) is 12.4 Å². The first-order valence-corrected chi connectivity index (χ1v) is 7.81. The number of nitrogens with zero attached hydrogens (tertiary/aromatic N) is 2. The number of amides is 2. The molecule has 0 bridgehead atoms. The van der Waals surface area contributed by atoms with Crippen molar-refractivity contribution in [2.24, 2.45) is 11.1 Å². The molecule has 0 radical (unpaired) electrons. The minimum absolute atomic E-state index is 0. The molecule has 9 heteroatoms. The van der Waals surface area contributed by atoms with Crippen LogP contribution in [-0.2, 0) is 20.9 Å².